The number of rotatable bonds is 3. The Morgan fingerprint density at radius 2 is 0.397 bits per heavy atom. The standard InChI is InChI=1S/C25H18N2.C24H15NO.C24H15NS.C19H13NO.C19H13NS.5CH4/c1-26-22-13-7-5-11-18(22)20-15-21-19-12-6-8-14-23(19)27(25(21)16-24(20)26)17-9-3-2-4-10-17;2*1-2-8-16(9-3-1)25-21-12-6-4-10-17(21)19-14-20-18-11-5-7-13-23(18)26-24(20)15-22(19)25;2*1-20-16-8-4-2-6-12(16)14-10-15-13-7-3-5-9-18(13)21-19(15)11-17(14)20;;;;;/h2-16H,1H3;2*1-15H;2*2-11H,1H3;5*1H4. The van der Waals surface area contributed by atoms with E-state index < -0.39 is 0 Å². The lowest BCUT2D eigenvalue weighted by Gasteiger charge is -2.08. The molecule has 0 amide bonds. The summed E-state index contributed by atoms with van der Waals surface area (Å²) in [5.74, 6) is 0. The van der Waals surface area contributed by atoms with Crippen LogP contribution in [-0.2, 0) is 21.1 Å². The molecule has 0 saturated carbocycles. The van der Waals surface area contributed by atoms with Crippen LogP contribution in [0.3, 0.4) is 0 Å². The molecule has 28 aromatic rings. The molecule has 0 aliphatic rings. The zero-order chi connectivity index (χ0) is 80.1. The molecule has 0 bridgehead atoms. The first-order valence-electron chi connectivity index (χ1n) is 41.1. The molecule has 0 atom stereocenters. The van der Waals surface area contributed by atoms with Gasteiger partial charge in [0.25, 0.3) is 0 Å². The van der Waals surface area contributed by atoms with Crippen molar-refractivity contribution in [1.29, 1.82) is 0 Å². The van der Waals surface area contributed by atoms with E-state index in [1.165, 1.54) is 204 Å². The second-order valence-corrected chi connectivity index (χ2v) is 33.7. The largest absolute Gasteiger partial charge is 0.456 e. The fraction of sp³-hybridized carbons (Fsp3) is 0.0690. The van der Waals surface area contributed by atoms with Crippen molar-refractivity contribution in [2.24, 2.45) is 21.1 Å². The van der Waals surface area contributed by atoms with Gasteiger partial charge in [-0.2, -0.15) is 0 Å². The molecule has 0 spiro atoms. The molecule has 0 aliphatic heterocycles. The summed E-state index contributed by atoms with van der Waals surface area (Å²) in [7, 11) is 6.43. The molecule has 10 aromatic heterocycles. The first-order valence-corrected chi connectivity index (χ1v) is 42.7. The Morgan fingerprint density at radius 1 is 0.159 bits per heavy atom. The van der Waals surface area contributed by atoms with Gasteiger partial charge in [0.1, 0.15) is 22.3 Å². The monoisotopic (exact) mass is 1670 g/mol. The van der Waals surface area contributed by atoms with Crippen molar-refractivity contribution in [3.63, 3.8) is 0 Å². The summed E-state index contributed by atoms with van der Waals surface area (Å²) >= 11 is 3.76. The molecule has 18 aromatic carbocycles. The van der Waals surface area contributed by atoms with Gasteiger partial charge >= 0.3 is 0 Å². The lowest BCUT2D eigenvalue weighted by atomic mass is 10.1. The van der Waals surface area contributed by atoms with Gasteiger partial charge in [-0.05, 0) is 146 Å². The minimum absolute atomic E-state index is 0. The van der Waals surface area contributed by atoms with E-state index in [2.05, 4.69) is 419 Å². The molecule has 0 radical (unpaired) electrons. The van der Waals surface area contributed by atoms with Crippen molar-refractivity contribution in [2.75, 3.05) is 0 Å². The smallest absolute Gasteiger partial charge is 0.137 e. The molecule has 0 aliphatic carbocycles. The van der Waals surface area contributed by atoms with E-state index in [9.17, 15) is 0 Å². The highest BCUT2D eigenvalue weighted by atomic mass is 32.1. The number of fused-ring (bicyclic) bond motifs is 30. The third-order valence-electron chi connectivity index (χ3n) is 24.9. The van der Waals surface area contributed by atoms with Crippen LogP contribution in [-0.4, -0.2) is 27.4 Å². The third kappa shape index (κ3) is 12.8. The Bertz CT molecular complexity index is 8620. The fourth-order valence-electron chi connectivity index (χ4n) is 19.3. The van der Waals surface area contributed by atoms with Gasteiger partial charge in [0.05, 0.1) is 49.7 Å². The normalized spacial score (nSPS) is 11.5. The van der Waals surface area contributed by atoms with Crippen LogP contribution in [0.2, 0.25) is 0 Å². The summed E-state index contributed by atoms with van der Waals surface area (Å²) in [5, 5.41) is 25.8. The van der Waals surface area contributed by atoms with Gasteiger partial charge in [0, 0.05) is 193 Å². The van der Waals surface area contributed by atoms with Crippen LogP contribution in [0.25, 0.3) is 232 Å². The number of para-hydroxylation sites is 11. The lowest BCUT2D eigenvalue weighted by Crippen LogP contribution is -1.93. The number of furan rings is 2. The minimum Gasteiger partial charge on any atom is -0.456 e. The Morgan fingerprint density at radius 3 is 0.770 bits per heavy atom. The summed E-state index contributed by atoms with van der Waals surface area (Å²) < 4.78 is 31.5. The Balaban J connectivity index is 0.000000102. The summed E-state index contributed by atoms with van der Waals surface area (Å²) in [5.41, 5.74) is 22.4. The van der Waals surface area contributed by atoms with Crippen LogP contribution in [0.15, 0.2) is 403 Å². The van der Waals surface area contributed by atoms with Crippen molar-refractivity contribution in [3.8, 4) is 17.1 Å². The van der Waals surface area contributed by atoms with Crippen molar-refractivity contribution in [3.05, 3.63) is 394 Å². The molecule has 612 valence electrons. The van der Waals surface area contributed by atoms with Gasteiger partial charge in [-0.3, -0.25) is 0 Å². The van der Waals surface area contributed by atoms with Crippen molar-refractivity contribution >= 4 is 238 Å². The number of thiophene rings is 2. The molecule has 10 heteroatoms. The molecular formula is C116H94N6O2S2. The Labute approximate surface area is 738 Å². The molecule has 0 fully saturated rings. The summed E-state index contributed by atoms with van der Waals surface area (Å²) in [6.07, 6.45) is 0. The number of aryl methyl sites for hydroxylation is 3. The predicted octanol–water partition coefficient (Wildman–Crippen LogP) is 34.4. The highest BCUT2D eigenvalue weighted by Gasteiger charge is 2.22. The number of hydrogen-bond acceptors (Lipinski definition) is 4. The van der Waals surface area contributed by atoms with Gasteiger partial charge in [-0.1, -0.05) is 274 Å². The maximum Gasteiger partial charge on any atom is 0.137 e. The number of nitrogens with zero attached hydrogens (tertiary/aromatic N) is 6. The van der Waals surface area contributed by atoms with Crippen LogP contribution >= 0.6 is 22.7 Å². The number of aromatic nitrogens is 6. The molecule has 0 saturated heterocycles. The van der Waals surface area contributed by atoms with Crippen LogP contribution in [0, 0.1) is 0 Å². The maximum absolute atomic E-state index is 6.13. The van der Waals surface area contributed by atoms with Gasteiger partial charge < -0.3 is 36.2 Å². The molecule has 8 nitrogen and oxygen atoms in total. The van der Waals surface area contributed by atoms with E-state index in [1.807, 2.05) is 46.9 Å². The van der Waals surface area contributed by atoms with E-state index in [0.717, 1.165) is 28.0 Å². The molecule has 10 heterocycles. The SMILES string of the molecule is C.C.C.C.C.Cn1c2ccccc2c2cc3c(cc21)oc1ccccc13.Cn1c2ccccc2c2cc3c(cc21)sc1ccccc13.Cn1c2ccccc2c2cc3c4ccccc4n(-c4ccccc4)c3cc21.c1ccc(-n2c3ccccc3c3cc4c(cc32)oc2ccccc24)cc1.c1ccc(-n2c3ccccc3c3cc4c(cc32)sc2ccccc24)cc1. The zero-order valence-electron chi connectivity index (χ0n) is 66.3. The average Bonchev–Trinajstić information content (AvgIpc) is 1.59. The first kappa shape index (κ1) is 80.5. The van der Waals surface area contributed by atoms with E-state index in [-0.39, 0.29) is 37.1 Å². The van der Waals surface area contributed by atoms with Gasteiger partial charge in [0.15, 0.2) is 0 Å². The second kappa shape index (κ2) is 32.2. The summed E-state index contributed by atoms with van der Waals surface area (Å²) in [4.78, 5) is 0. The number of hydrogen-bond donors (Lipinski definition) is 0. The zero-order valence-corrected chi connectivity index (χ0v) is 68.0. The van der Waals surface area contributed by atoms with Crippen molar-refractivity contribution in [1.82, 2.24) is 27.4 Å². The Kier molecular flexibility index (Phi) is 20.6. The van der Waals surface area contributed by atoms with Crippen LogP contribution in [0.1, 0.15) is 37.1 Å². The van der Waals surface area contributed by atoms with Gasteiger partial charge in [-0.15, -0.1) is 22.7 Å². The second-order valence-electron chi connectivity index (χ2n) is 31.5. The van der Waals surface area contributed by atoms with E-state index >= 15 is 0 Å². The molecule has 0 unspecified atom stereocenters. The van der Waals surface area contributed by atoms with Gasteiger partial charge in [0.2, 0.25) is 0 Å². The van der Waals surface area contributed by atoms with E-state index in [0.29, 0.717) is 0 Å². The summed E-state index contributed by atoms with van der Waals surface area (Å²) in [6, 6.07) is 140. The predicted molar refractivity (Wildman–Crippen MR) is 551 cm³/mol. The molecule has 126 heavy (non-hydrogen) atoms. The molecule has 0 N–H and O–H groups in total. The number of benzene rings is 18. The molecule has 28 rings (SSSR count). The third-order valence-corrected chi connectivity index (χ3v) is 27.2. The van der Waals surface area contributed by atoms with Crippen LogP contribution in [0.5, 0.6) is 0 Å². The molecular weight excluding hydrogens is 1570 g/mol. The van der Waals surface area contributed by atoms with Crippen molar-refractivity contribution < 1.29 is 8.83 Å². The quantitative estimate of drug-likeness (QED) is 0.177. The van der Waals surface area contributed by atoms with Crippen LogP contribution < -0.4 is 0 Å². The van der Waals surface area contributed by atoms with Crippen LogP contribution in [0.4, 0.5) is 0 Å². The Hall–Kier alpha value is -15.2. The summed E-state index contributed by atoms with van der Waals surface area (Å²) in [6.45, 7) is 0. The van der Waals surface area contributed by atoms with E-state index in [1.54, 1.807) is 0 Å². The fourth-order valence-corrected chi connectivity index (χ4v) is 21.6. The van der Waals surface area contributed by atoms with Gasteiger partial charge in [-0.25, -0.2) is 0 Å². The van der Waals surface area contributed by atoms with Crippen molar-refractivity contribution in [2.45, 2.75) is 37.1 Å². The average molecular weight is 1670 g/mol. The highest BCUT2D eigenvalue weighted by molar-refractivity contribution is 7.26. The highest BCUT2D eigenvalue weighted by Crippen LogP contribution is 2.46. The lowest BCUT2D eigenvalue weighted by molar-refractivity contribution is 0.669. The topological polar surface area (TPSA) is 55.9 Å². The first-order chi connectivity index (χ1) is 59.8. The minimum atomic E-state index is 0. The van der Waals surface area contributed by atoms with E-state index in [4.69, 9.17) is 8.83 Å². The maximum atomic E-state index is 6.13.